The molecular weight excluding hydrogens is 253 g/mol. The molecule has 94 valence electrons. The molecule has 3 nitrogen and oxygen atoms in total. The van der Waals surface area contributed by atoms with E-state index in [1.165, 1.54) is 18.5 Å². The van der Waals surface area contributed by atoms with E-state index in [9.17, 15) is 4.39 Å². The first-order valence-corrected chi connectivity index (χ1v) is 6.02. The summed E-state index contributed by atoms with van der Waals surface area (Å²) in [6.07, 6.45) is 1.47. The van der Waals surface area contributed by atoms with Crippen molar-refractivity contribution in [3.8, 4) is 11.3 Å². The van der Waals surface area contributed by atoms with E-state index >= 15 is 0 Å². The van der Waals surface area contributed by atoms with Crippen molar-refractivity contribution in [2.75, 3.05) is 11.9 Å². The van der Waals surface area contributed by atoms with Crippen LogP contribution >= 0.6 is 11.6 Å². The molecule has 0 aliphatic carbocycles. The van der Waals surface area contributed by atoms with Crippen molar-refractivity contribution in [1.29, 1.82) is 0 Å². The number of benzene rings is 1. The van der Waals surface area contributed by atoms with Crippen molar-refractivity contribution >= 4 is 17.4 Å². The largest absolute Gasteiger partial charge is 0.370 e. The molecule has 18 heavy (non-hydrogen) atoms. The molecule has 0 spiro atoms. The Labute approximate surface area is 110 Å². The first kappa shape index (κ1) is 12.8. The van der Waals surface area contributed by atoms with Crippen LogP contribution in [0.3, 0.4) is 0 Å². The molecular formula is C13H13ClFN3. The average molecular weight is 266 g/mol. The minimum atomic E-state index is -0.359. The fourth-order valence-electron chi connectivity index (χ4n) is 1.75. The highest BCUT2D eigenvalue weighted by atomic mass is 35.5. The minimum Gasteiger partial charge on any atom is -0.370 e. The van der Waals surface area contributed by atoms with E-state index < -0.39 is 0 Å². The van der Waals surface area contributed by atoms with E-state index in [1.54, 1.807) is 6.07 Å². The standard InChI is InChI=1S/C13H13ClFN3/c1-3-16-13-8(2)12(17-7-18-13)10-5-4-9(15)6-11(10)14/h4-7H,3H2,1-2H3,(H,16,17,18). The molecule has 1 N–H and O–H groups in total. The van der Waals surface area contributed by atoms with Gasteiger partial charge in [-0.15, -0.1) is 0 Å². The number of hydrogen-bond donors (Lipinski definition) is 1. The highest BCUT2D eigenvalue weighted by Crippen LogP contribution is 2.31. The zero-order valence-corrected chi connectivity index (χ0v) is 10.9. The Morgan fingerprint density at radius 3 is 2.78 bits per heavy atom. The lowest BCUT2D eigenvalue weighted by molar-refractivity contribution is 0.628. The monoisotopic (exact) mass is 265 g/mol. The third kappa shape index (κ3) is 2.43. The highest BCUT2D eigenvalue weighted by Gasteiger charge is 2.12. The summed E-state index contributed by atoms with van der Waals surface area (Å²) in [5.41, 5.74) is 2.32. The van der Waals surface area contributed by atoms with Crippen molar-refractivity contribution in [3.63, 3.8) is 0 Å². The van der Waals surface area contributed by atoms with E-state index in [0.717, 1.165) is 17.9 Å². The molecule has 0 radical (unpaired) electrons. The molecule has 0 aliphatic rings. The van der Waals surface area contributed by atoms with E-state index in [4.69, 9.17) is 11.6 Å². The van der Waals surface area contributed by atoms with Crippen LogP contribution in [0.25, 0.3) is 11.3 Å². The summed E-state index contributed by atoms with van der Waals surface area (Å²) < 4.78 is 13.0. The van der Waals surface area contributed by atoms with Crippen LogP contribution in [0.5, 0.6) is 0 Å². The van der Waals surface area contributed by atoms with Gasteiger partial charge in [-0.1, -0.05) is 11.6 Å². The van der Waals surface area contributed by atoms with E-state index in [1.807, 2.05) is 13.8 Å². The number of anilines is 1. The normalized spacial score (nSPS) is 10.4. The highest BCUT2D eigenvalue weighted by molar-refractivity contribution is 6.33. The van der Waals surface area contributed by atoms with Crippen LogP contribution in [0.15, 0.2) is 24.5 Å². The number of hydrogen-bond acceptors (Lipinski definition) is 3. The molecule has 1 heterocycles. The minimum absolute atomic E-state index is 0.347. The van der Waals surface area contributed by atoms with Crippen LogP contribution < -0.4 is 5.32 Å². The summed E-state index contributed by atoms with van der Waals surface area (Å²) in [5, 5.41) is 3.50. The van der Waals surface area contributed by atoms with E-state index in [0.29, 0.717) is 16.3 Å². The van der Waals surface area contributed by atoms with Crippen LogP contribution in [0.1, 0.15) is 12.5 Å². The van der Waals surface area contributed by atoms with Crippen LogP contribution in [0.4, 0.5) is 10.2 Å². The van der Waals surface area contributed by atoms with Gasteiger partial charge in [-0.2, -0.15) is 0 Å². The lowest BCUT2D eigenvalue weighted by atomic mass is 10.1. The van der Waals surface area contributed by atoms with Crippen LogP contribution in [0, 0.1) is 12.7 Å². The van der Waals surface area contributed by atoms with Crippen LogP contribution in [-0.2, 0) is 0 Å². The second-order valence-corrected chi connectivity index (χ2v) is 4.26. The number of nitrogens with one attached hydrogen (secondary N) is 1. The van der Waals surface area contributed by atoms with Gasteiger partial charge in [-0.05, 0) is 32.0 Å². The summed E-state index contributed by atoms with van der Waals surface area (Å²) in [6.45, 7) is 4.67. The predicted octanol–water partition coefficient (Wildman–Crippen LogP) is 3.68. The van der Waals surface area contributed by atoms with Gasteiger partial charge in [-0.3, -0.25) is 0 Å². The van der Waals surface area contributed by atoms with Crippen molar-refractivity contribution < 1.29 is 4.39 Å². The lowest BCUT2D eigenvalue weighted by Crippen LogP contribution is -2.03. The van der Waals surface area contributed by atoms with Gasteiger partial charge >= 0.3 is 0 Å². The number of halogens is 2. The summed E-state index contributed by atoms with van der Waals surface area (Å²) in [4.78, 5) is 8.39. The van der Waals surface area contributed by atoms with E-state index in [-0.39, 0.29) is 5.82 Å². The zero-order valence-electron chi connectivity index (χ0n) is 10.2. The Morgan fingerprint density at radius 2 is 2.11 bits per heavy atom. The SMILES string of the molecule is CCNc1ncnc(-c2ccc(F)cc2Cl)c1C. The Balaban J connectivity index is 2.53. The van der Waals surface area contributed by atoms with E-state index in [2.05, 4.69) is 15.3 Å². The molecule has 5 heteroatoms. The van der Waals surface area contributed by atoms with Crippen LogP contribution in [-0.4, -0.2) is 16.5 Å². The topological polar surface area (TPSA) is 37.8 Å². The summed E-state index contributed by atoms with van der Waals surface area (Å²) >= 11 is 6.04. The first-order chi connectivity index (χ1) is 8.63. The predicted molar refractivity (Wildman–Crippen MR) is 71.3 cm³/mol. The van der Waals surface area contributed by atoms with Crippen molar-refractivity contribution in [1.82, 2.24) is 9.97 Å². The summed E-state index contributed by atoms with van der Waals surface area (Å²) in [7, 11) is 0. The smallest absolute Gasteiger partial charge is 0.132 e. The molecule has 0 saturated carbocycles. The third-order valence-corrected chi connectivity index (χ3v) is 2.93. The van der Waals surface area contributed by atoms with Gasteiger partial charge in [0.15, 0.2) is 0 Å². The van der Waals surface area contributed by atoms with Crippen LogP contribution in [0.2, 0.25) is 5.02 Å². The first-order valence-electron chi connectivity index (χ1n) is 5.64. The van der Waals surface area contributed by atoms with Gasteiger partial charge < -0.3 is 5.32 Å². The Bertz CT molecular complexity index is 572. The van der Waals surface area contributed by atoms with Crippen molar-refractivity contribution in [2.24, 2.45) is 0 Å². The molecule has 0 unspecified atom stereocenters. The zero-order chi connectivity index (χ0) is 13.1. The maximum atomic E-state index is 13.0. The van der Waals surface area contributed by atoms with Gasteiger partial charge in [0.25, 0.3) is 0 Å². The second kappa shape index (κ2) is 5.31. The molecule has 0 fully saturated rings. The van der Waals surface area contributed by atoms with Gasteiger partial charge in [0.2, 0.25) is 0 Å². The molecule has 0 aliphatic heterocycles. The Hall–Kier alpha value is -1.68. The van der Waals surface area contributed by atoms with Gasteiger partial charge in [0, 0.05) is 17.7 Å². The molecule has 1 aromatic heterocycles. The molecule has 1 aromatic carbocycles. The summed E-state index contributed by atoms with van der Waals surface area (Å²) in [6, 6.07) is 4.28. The number of rotatable bonds is 3. The van der Waals surface area contributed by atoms with Crippen molar-refractivity contribution in [2.45, 2.75) is 13.8 Å². The lowest BCUT2D eigenvalue weighted by Gasteiger charge is -2.11. The average Bonchev–Trinajstić information content (AvgIpc) is 2.33. The molecule has 0 saturated heterocycles. The molecule has 0 atom stereocenters. The van der Waals surface area contributed by atoms with Gasteiger partial charge in [-0.25, -0.2) is 14.4 Å². The third-order valence-electron chi connectivity index (χ3n) is 2.61. The number of aromatic nitrogens is 2. The molecule has 2 aromatic rings. The maximum absolute atomic E-state index is 13.0. The second-order valence-electron chi connectivity index (χ2n) is 3.85. The Kier molecular flexibility index (Phi) is 3.77. The van der Waals surface area contributed by atoms with Crippen molar-refractivity contribution in [3.05, 3.63) is 40.9 Å². The fourth-order valence-corrected chi connectivity index (χ4v) is 2.01. The molecule has 0 bridgehead atoms. The quantitative estimate of drug-likeness (QED) is 0.920. The molecule has 2 rings (SSSR count). The van der Waals surface area contributed by atoms with Gasteiger partial charge in [0.05, 0.1) is 10.7 Å². The fraction of sp³-hybridized carbons (Fsp3) is 0.231. The van der Waals surface area contributed by atoms with Gasteiger partial charge in [0.1, 0.15) is 18.0 Å². The number of nitrogens with zero attached hydrogens (tertiary/aromatic N) is 2. The summed E-state index contributed by atoms with van der Waals surface area (Å²) in [5.74, 6) is 0.408. The molecule has 0 amide bonds. The Morgan fingerprint density at radius 1 is 1.33 bits per heavy atom. The maximum Gasteiger partial charge on any atom is 0.132 e.